The maximum atomic E-state index is 14.1. The molecule has 0 aliphatic carbocycles. The second kappa shape index (κ2) is 34.8. The molecule has 3 heterocycles. The van der Waals surface area contributed by atoms with Crippen LogP contribution in [0.5, 0.6) is 0 Å². The number of benzene rings is 2. The van der Waals surface area contributed by atoms with Crippen LogP contribution in [0.15, 0.2) is 58.4 Å². The molecular formula is C53H72N14O17S. The largest absolute Gasteiger partial charge is 0.480 e. The van der Waals surface area contributed by atoms with Gasteiger partial charge < -0.3 is 61.9 Å². The van der Waals surface area contributed by atoms with E-state index in [0.717, 1.165) is 27.8 Å². The van der Waals surface area contributed by atoms with Crippen LogP contribution in [0.2, 0.25) is 0 Å². The van der Waals surface area contributed by atoms with Gasteiger partial charge >= 0.3 is 23.9 Å². The van der Waals surface area contributed by atoms with Crippen LogP contribution >= 0.6 is 11.3 Å². The summed E-state index contributed by atoms with van der Waals surface area (Å²) in [5.74, 6) is -5.92. The molecule has 1 fully saturated rings. The van der Waals surface area contributed by atoms with Crippen molar-refractivity contribution >= 4 is 92.3 Å². The number of nitrogens with one attached hydrogen (secondary N) is 7. The number of nitro groups is 2. The summed E-state index contributed by atoms with van der Waals surface area (Å²) in [6, 6.07) is 9.06. The quantitative estimate of drug-likeness (QED) is 0.0138. The van der Waals surface area contributed by atoms with Gasteiger partial charge in [-0.15, -0.1) is 11.3 Å². The number of aliphatic carboxylic acids is 3. The Morgan fingerprint density at radius 3 is 1.88 bits per heavy atom. The number of carbonyl (C=O) groups excluding carboxylic acids is 6. The first kappa shape index (κ1) is 67.1. The van der Waals surface area contributed by atoms with E-state index >= 15 is 0 Å². The first-order valence-electron chi connectivity index (χ1n) is 27.4. The maximum absolute atomic E-state index is 14.1. The number of carboxylic acids is 3. The predicted molar refractivity (Wildman–Crippen MR) is 307 cm³/mol. The van der Waals surface area contributed by atoms with Crippen molar-refractivity contribution in [3.63, 3.8) is 0 Å². The van der Waals surface area contributed by atoms with Crippen molar-refractivity contribution in [3.8, 4) is 0 Å². The molecule has 0 bridgehead atoms. The van der Waals surface area contributed by atoms with Crippen molar-refractivity contribution < 1.29 is 72.8 Å². The molecule has 2 aromatic carbocycles. The van der Waals surface area contributed by atoms with Crippen molar-refractivity contribution in [3.05, 3.63) is 91.2 Å². The van der Waals surface area contributed by atoms with E-state index in [4.69, 9.17) is 4.52 Å². The molecule has 1 aliphatic heterocycles. The molecule has 0 radical (unpaired) electrons. The summed E-state index contributed by atoms with van der Waals surface area (Å²) in [5, 5.41) is 77.7. The molecule has 2 unspecified atom stereocenters. The Morgan fingerprint density at radius 2 is 1.28 bits per heavy atom. The van der Waals surface area contributed by atoms with E-state index in [9.17, 15) is 78.7 Å². The van der Waals surface area contributed by atoms with Gasteiger partial charge in [-0.2, -0.15) is 0 Å². The molecule has 1 aliphatic rings. The molecule has 0 saturated carbocycles. The number of non-ortho nitro benzene ring substituents is 1. The van der Waals surface area contributed by atoms with Crippen LogP contribution in [0.25, 0.3) is 10.1 Å². The zero-order valence-corrected chi connectivity index (χ0v) is 47.7. The number of aromatic nitrogens is 1. The van der Waals surface area contributed by atoms with Crippen molar-refractivity contribution in [1.29, 1.82) is 0 Å². The van der Waals surface area contributed by atoms with E-state index in [2.05, 4.69) is 42.4 Å². The number of nitro benzene ring substituents is 2. The molecule has 31 nitrogen and oxygen atoms in total. The second-order valence-corrected chi connectivity index (χ2v) is 21.0. The van der Waals surface area contributed by atoms with Crippen molar-refractivity contribution in [2.75, 3.05) is 103 Å². The van der Waals surface area contributed by atoms with Gasteiger partial charge in [0.1, 0.15) is 24.1 Å². The number of unbranched alkanes of at least 4 members (excludes halogenated alkanes) is 2. The van der Waals surface area contributed by atoms with Gasteiger partial charge in [0.25, 0.3) is 17.3 Å². The van der Waals surface area contributed by atoms with Crippen LogP contribution in [0.4, 0.5) is 21.9 Å². The number of thiophene rings is 1. The number of aldehydes is 1. The lowest BCUT2D eigenvalue weighted by molar-refractivity contribution is -0.393. The van der Waals surface area contributed by atoms with Gasteiger partial charge in [-0.05, 0) is 73.9 Å². The summed E-state index contributed by atoms with van der Waals surface area (Å²) in [7, 11) is 0. The maximum Gasteiger partial charge on any atom is 0.317 e. The third-order valence-corrected chi connectivity index (χ3v) is 14.6. The number of carboxylic acid groups (broad SMARTS) is 3. The average molecular weight is 1210 g/mol. The topological polar surface area (TPSA) is 424 Å². The van der Waals surface area contributed by atoms with E-state index < -0.39 is 80.9 Å². The minimum Gasteiger partial charge on any atom is -0.480 e. The fourth-order valence-corrected chi connectivity index (χ4v) is 10.1. The van der Waals surface area contributed by atoms with Crippen LogP contribution in [0.3, 0.4) is 0 Å². The van der Waals surface area contributed by atoms with Gasteiger partial charge in [0.15, 0.2) is 11.5 Å². The van der Waals surface area contributed by atoms with Crippen LogP contribution in [0, 0.1) is 20.2 Å². The molecule has 3 atom stereocenters. The SMILES string of the molecule is CC(CCCCNC(=O)[C@H](Cc1csc2ccccc12)NC(=O)c1cc(CNC(=O)C(CCCCNc2ccc([N+](=O)[O-])cc2[N+](=O)[O-])NC(=O)CN2CCN(CC(=O)O)CCN(CC(=O)O)CCN(CC(=O)O)CC2)on1)NC(=O)NCC=O. The van der Waals surface area contributed by atoms with Crippen molar-refractivity contribution in [2.24, 2.45) is 0 Å². The van der Waals surface area contributed by atoms with E-state index in [1.807, 2.05) is 36.6 Å². The summed E-state index contributed by atoms with van der Waals surface area (Å²) in [6.07, 6.45) is 3.01. The Balaban J connectivity index is 1.27. The third kappa shape index (κ3) is 23.8. The number of nitrogens with zero attached hydrogens (tertiary/aromatic N) is 7. The molecule has 85 heavy (non-hydrogen) atoms. The highest BCUT2D eigenvalue weighted by Gasteiger charge is 2.28. The predicted octanol–water partition coefficient (Wildman–Crippen LogP) is 1.08. The average Bonchev–Trinajstić information content (AvgIpc) is 4.10. The van der Waals surface area contributed by atoms with Gasteiger partial charge in [0.05, 0.1) is 55.2 Å². The highest BCUT2D eigenvalue weighted by atomic mass is 32.1. The molecule has 4 aromatic rings. The lowest BCUT2D eigenvalue weighted by atomic mass is 10.0. The van der Waals surface area contributed by atoms with Gasteiger partial charge in [0, 0.05) is 94.7 Å². The number of amides is 6. The number of anilines is 1. The zero-order valence-electron chi connectivity index (χ0n) is 46.9. The van der Waals surface area contributed by atoms with E-state index in [1.165, 1.54) is 23.5 Å². The van der Waals surface area contributed by atoms with Gasteiger partial charge in [-0.25, -0.2) is 4.79 Å². The fraction of sp³-hybridized carbons (Fsp3) is 0.509. The van der Waals surface area contributed by atoms with E-state index in [-0.39, 0.29) is 154 Å². The van der Waals surface area contributed by atoms with Gasteiger partial charge in [-0.1, -0.05) is 23.4 Å². The standard InChI is InChI=1S/C53H72N14O17S/c1-35(58-53(79)56-16-25-68)8-4-6-15-55-51(77)42(26-36-34-85-45-11-3-2-9-39(36)45)60-52(78)43-28-38(84-61-43)29-57-50(76)41(10-5-7-14-54-40-13-12-37(66(80)81)27-44(40)67(82)83)59-46(69)30-62-17-19-63(31-47(70)71)21-23-65(33-49(74)75)24-22-64(20-18-62)32-48(72)73/h2-3,9,11-13,25,27-28,34-35,41-42,54H,4-8,10,14-24,26,29-33H2,1H3,(H,55,77)(H,57,76)(H,59,69)(H,60,78)(H,70,71)(H,72,73)(H,74,75)(H2,56,58,79)/t35?,41?,42-/m0/s1. The van der Waals surface area contributed by atoms with E-state index in [1.54, 1.807) is 19.6 Å². The summed E-state index contributed by atoms with van der Waals surface area (Å²) in [5.41, 5.74) is -0.377. The van der Waals surface area contributed by atoms with Crippen LogP contribution in [-0.2, 0) is 46.5 Å². The minimum atomic E-state index is -1.22. The summed E-state index contributed by atoms with van der Waals surface area (Å²) >= 11 is 1.48. The molecule has 32 heteroatoms. The molecule has 6 amide bonds. The number of carbonyl (C=O) groups is 9. The Hall–Kier alpha value is -8.72. The molecule has 10 N–H and O–H groups in total. The Kier molecular flexibility index (Phi) is 27.4. The molecule has 5 rings (SSSR count). The second-order valence-electron chi connectivity index (χ2n) is 20.1. The molecule has 2 aromatic heterocycles. The molecule has 462 valence electrons. The zero-order chi connectivity index (χ0) is 61.8. The van der Waals surface area contributed by atoms with Crippen LogP contribution in [-0.4, -0.2) is 220 Å². The summed E-state index contributed by atoms with van der Waals surface area (Å²) in [4.78, 5) is 141. The normalized spacial score (nSPS) is 14.9. The van der Waals surface area contributed by atoms with Crippen molar-refractivity contribution in [2.45, 2.75) is 76.5 Å². The van der Waals surface area contributed by atoms with Crippen molar-refractivity contribution in [1.82, 2.24) is 56.7 Å². The van der Waals surface area contributed by atoms with Crippen LogP contribution < -0.4 is 37.2 Å². The fourth-order valence-electron chi connectivity index (χ4n) is 9.17. The molecule has 1 saturated heterocycles. The van der Waals surface area contributed by atoms with E-state index in [0.29, 0.717) is 25.5 Å². The number of urea groups is 1. The van der Waals surface area contributed by atoms with Gasteiger partial charge in [0.2, 0.25) is 17.7 Å². The number of rotatable bonds is 33. The number of hydrogen-bond donors (Lipinski definition) is 10. The number of hydrogen-bond acceptors (Lipinski definition) is 21. The smallest absolute Gasteiger partial charge is 0.317 e. The van der Waals surface area contributed by atoms with Crippen LogP contribution in [0.1, 0.15) is 67.3 Å². The molecular weight excluding hydrogens is 1140 g/mol. The number of fused-ring (bicyclic) bond motifs is 1. The lowest BCUT2D eigenvalue weighted by Gasteiger charge is -2.33. The first-order chi connectivity index (χ1) is 40.7. The third-order valence-electron chi connectivity index (χ3n) is 13.6. The highest BCUT2D eigenvalue weighted by molar-refractivity contribution is 7.17. The lowest BCUT2D eigenvalue weighted by Crippen LogP contribution is -2.52. The van der Waals surface area contributed by atoms with Gasteiger partial charge in [-0.3, -0.25) is 73.4 Å². The minimum absolute atomic E-state index is 0.0125. The summed E-state index contributed by atoms with van der Waals surface area (Å²) in [6.45, 7) is 1.36. The monoisotopic (exact) mass is 1210 g/mol. The first-order valence-corrected chi connectivity index (χ1v) is 28.3. The highest BCUT2D eigenvalue weighted by Crippen LogP contribution is 2.29. The Bertz CT molecular complexity index is 2930. The molecule has 0 spiro atoms. The Morgan fingerprint density at radius 1 is 0.694 bits per heavy atom. The Labute approximate surface area is 491 Å². The summed E-state index contributed by atoms with van der Waals surface area (Å²) < 4.78 is 6.42.